The largest absolute Gasteiger partial charge is 0.378 e. The Kier molecular flexibility index (Phi) is 3.82. The molecular weight excluding hydrogens is 174 g/mol. The van der Waals surface area contributed by atoms with E-state index in [0.29, 0.717) is 6.10 Å². The van der Waals surface area contributed by atoms with E-state index in [9.17, 15) is 0 Å². The molecule has 2 aliphatic rings. The Hall–Kier alpha value is -0.0800. The number of hydrogen-bond donors (Lipinski definition) is 1. The van der Waals surface area contributed by atoms with Gasteiger partial charge in [-0.05, 0) is 38.1 Å². The van der Waals surface area contributed by atoms with Crippen molar-refractivity contribution in [2.75, 3.05) is 19.7 Å². The van der Waals surface area contributed by atoms with Gasteiger partial charge in [-0.2, -0.15) is 0 Å². The minimum atomic E-state index is 0.591. The number of hydrogen-bond acceptors (Lipinski definition) is 2. The highest BCUT2D eigenvalue weighted by molar-refractivity contribution is 4.87. The first-order valence-corrected chi connectivity index (χ1v) is 6.24. The summed E-state index contributed by atoms with van der Waals surface area (Å²) in [6, 6.07) is 0. The van der Waals surface area contributed by atoms with E-state index < -0.39 is 0 Å². The quantitative estimate of drug-likeness (QED) is 0.682. The highest BCUT2D eigenvalue weighted by Crippen LogP contribution is 2.38. The molecule has 0 aromatic heterocycles. The maximum atomic E-state index is 5.86. The van der Waals surface area contributed by atoms with Crippen LogP contribution in [0.3, 0.4) is 0 Å². The van der Waals surface area contributed by atoms with E-state index in [4.69, 9.17) is 4.74 Å². The molecule has 2 rings (SSSR count). The molecule has 2 heteroatoms. The predicted octanol–water partition coefficient (Wildman–Crippen LogP) is 2.19. The zero-order chi connectivity index (χ0) is 9.80. The summed E-state index contributed by atoms with van der Waals surface area (Å²) in [4.78, 5) is 0. The summed E-state index contributed by atoms with van der Waals surface area (Å²) < 4.78 is 5.86. The van der Waals surface area contributed by atoms with Gasteiger partial charge in [0.15, 0.2) is 0 Å². The van der Waals surface area contributed by atoms with Gasteiger partial charge in [-0.3, -0.25) is 0 Å². The monoisotopic (exact) mass is 197 g/mol. The fourth-order valence-electron chi connectivity index (χ4n) is 2.63. The van der Waals surface area contributed by atoms with E-state index in [-0.39, 0.29) is 0 Å². The minimum absolute atomic E-state index is 0.591. The van der Waals surface area contributed by atoms with Crippen molar-refractivity contribution in [3.63, 3.8) is 0 Å². The molecule has 1 N–H and O–H groups in total. The second-order valence-corrected chi connectivity index (χ2v) is 4.78. The second-order valence-electron chi connectivity index (χ2n) is 4.78. The van der Waals surface area contributed by atoms with Crippen LogP contribution in [0.1, 0.15) is 39.0 Å². The summed E-state index contributed by atoms with van der Waals surface area (Å²) in [6.45, 7) is 5.56. The summed E-state index contributed by atoms with van der Waals surface area (Å²) >= 11 is 0. The first-order chi connectivity index (χ1) is 6.92. The Morgan fingerprint density at radius 2 is 2.14 bits per heavy atom. The lowest BCUT2D eigenvalue weighted by atomic mass is 9.77. The Morgan fingerprint density at radius 3 is 2.79 bits per heavy atom. The van der Waals surface area contributed by atoms with Crippen LogP contribution >= 0.6 is 0 Å². The molecule has 0 aromatic rings. The number of ether oxygens (including phenoxy) is 1. The van der Waals surface area contributed by atoms with Crippen LogP contribution in [0.2, 0.25) is 0 Å². The van der Waals surface area contributed by atoms with Crippen molar-refractivity contribution < 1.29 is 4.74 Å². The van der Waals surface area contributed by atoms with Crippen LogP contribution in [0, 0.1) is 11.8 Å². The molecule has 1 heterocycles. The average molecular weight is 197 g/mol. The lowest BCUT2D eigenvalue weighted by Crippen LogP contribution is -2.36. The number of rotatable bonds is 5. The number of nitrogens with one attached hydrogen (secondary N) is 1. The van der Waals surface area contributed by atoms with Crippen molar-refractivity contribution in [1.82, 2.24) is 5.32 Å². The van der Waals surface area contributed by atoms with Gasteiger partial charge >= 0.3 is 0 Å². The van der Waals surface area contributed by atoms with Crippen molar-refractivity contribution in [2.45, 2.75) is 45.1 Å². The van der Waals surface area contributed by atoms with Gasteiger partial charge in [0, 0.05) is 19.1 Å². The van der Waals surface area contributed by atoms with Crippen molar-refractivity contribution in [2.24, 2.45) is 11.8 Å². The van der Waals surface area contributed by atoms with Crippen LogP contribution in [-0.2, 0) is 4.74 Å². The van der Waals surface area contributed by atoms with Crippen molar-refractivity contribution >= 4 is 0 Å². The SMILES string of the molecule is CCCNCC1CCOC1C1CCC1. The van der Waals surface area contributed by atoms with Gasteiger partial charge in [-0.1, -0.05) is 13.3 Å². The zero-order valence-electron chi connectivity index (χ0n) is 9.30. The first kappa shape index (κ1) is 10.4. The van der Waals surface area contributed by atoms with Gasteiger partial charge in [0.1, 0.15) is 0 Å². The third kappa shape index (κ3) is 2.29. The molecule has 1 saturated carbocycles. The molecule has 2 nitrogen and oxygen atoms in total. The highest BCUT2D eigenvalue weighted by Gasteiger charge is 2.37. The lowest BCUT2D eigenvalue weighted by molar-refractivity contribution is 0.0104. The van der Waals surface area contributed by atoms with E-state index in [2.05, 4.69) is 12.2 Å². The molecule has 0 aromatic carbocycles. The molecule has 2 atom stereocenters. The zero-order valence-corrected chi connectivity index (χ0v) is 9.30. The Balaban J connectivity index is 1.72. The fraction of sp³-hybridized carbons (Fsp3) is 1.00. The maximum Gasteiger partial charge on any atom is 0.0644 e. The molecule has 14 heavy (non-hydrogen) atoms. The van der Waals surface area contributed by atoms with E-state index in [1.165, 1.54) is 38.6 Å². The molecule has 2 unspecified atom stereocenters. The van der Waals surface area contributed by atoms with Gasteiger partial charge in [0.2, 0.25) is 0 Å². The predicted molar refractivity (Wildman–Crippen MR) is 58.3 cm³/mol. The van der Waals surface area contributed by atoms with E-state index in [1.54, 1.807) is 0 Å². The molecule has 1 saturated heterocycles. The van der Waals surface area contributed by atoms with Crippen LogP contribution in [0.4, 0.5) is 0 Å². The van der Waals surface area contributed by atoms with Gasteiger partial charge < -0.3 is 10.1 Å². The normalized spacial score (nSPS) is 33.2. The molecule has 1 aliphatic heterocycles. The smallest absolute Gasteiger partial charge is 0.0644 e. The molecule has 0 spiro atoms. The van der Waals surface area contributed by atoms with Crippen LogP contribution < -0.4 is 5.32 Å². The molecule has 0 bridgehead atoms. The molecule has 2 fully saturated rings. The van der Waals surface area contributed by atoms with Gasteiger partial charge in [0.05, 0.1) is 6.10 Å². The Morgan fingerprint density at radius 1 is 1.29 bits per heavy atom. The molecule has 0 radical (unpaired) electrons. The van der Waals surface area contributed by atoms with E-state index in [1.807, 2.05) is 0 Å². The van der Waals surface area contributed by atoms with Crippen LogP contribution in [0.15, 0.2) is 0 Å². The van der Waals surface area contributed by atoms with Crippen molar-refractivity contribution in [3.8, 4) is 0 Å². The van der Waals surface area contributed by atoms with Crippen LogP contribution in [0.5, 0.6) is 0 Å². The van der Waals surface area contributed by atoms with Crippen LogP contribution in [0.25, 0.3) is 0 Å². The van der Waals surface area contributed by atoms with Gasteiger partial charge in [0.25, 0.3) is 0 Å². The third-order valence-corrected chi connectivity index (χ3v) is 3.71. The van der Waals surface area contributed by atoms with Crippen LogP contribution in [-0.4, -0.2) is 25.8 Å². The van der Waals surface area contributed by atoms with Gasteiger partial charge in [-0.15, -0.1) is 0 Å². The second kappa shape index (κ2) is 5.13. The summed E-state index contributed by atoms with van der Waals surface area (Å²) in [6.07, 6.45) is 7.36. The summed E-state index contributed by atoms with van der Waals surface area (Å²) in [5, 5.41) is 3.53. The topological polar surface area (TPSA) is 21.3 Å². The summed E-state index contributed by atoms with van der Waals surface area (Å²) in [5.74, 6) is 1.69. The average Bonchev–Trinajstić information content (AvgIpc) is 2.51. The maximum absolute atomic E-state index is 5.86. The van der Waals surface area contributed by atoms with E-state index >= 15 is 0 Å². The van der Waals surface area contributed by atoms with Crippen molar-refractivity contribution in [1.29, 1.82) is 0 Å². The Bertz CT molecular complexity index is 168. The molecule has 1 aliphatic carbocycles. The molecule has 0 amide bonds. The Labute approximate surface area is 87.4 Å². The minimum Gasteiger partial charge on any atom is -0.378 e. The first-order valence-electron chi connectivity index (χ1n) is 6.24. The fourth-order valence-corrected chi connectivity index (χ4v) is 2.63. The summed E-state index contributed by atoms with van der Waals surface area (Å²) in [7, 11) is 0. The van der Waals surface area contributed by atoms with Crippen molar-refractivity contribution in [3.05, 3.63) is 0 Å². The third-order valence-electron chi connectivity index (χ3n) is 3.71. The lowest BCUT2D eigenvalue weighted by Gasteiger charge is -2.34. The highest BCUT2D eigenvalue weighted by atomic mass is 16.5. The summed E-state index contributed by atoms with van der Waals surface area (Å²) in [5.41, 5.74) is 0. The molecule has 82 valence electrons. The van der Waals surface area contributed by atoms with Gasteiger partial charge in [-0.25, -0.2) is 0 Å². The van der Waals surface area contributed by atoms with E-state index in [0.717, 1.165) is 25.0 Å². The standard InChI is InChI=1S/C12H23NO/c1-2-7-13-9-11-6-8-14-12(11)10-4-3-5-10/h10-13H,2-9H2,1H3. The molecular formula is C12H23NO.